The van der Waals surface area contributed by atoms with Gasteiger partial charge in [0.25, 0.3) is 0 Å². The molecule has 0 bridgehead atoms. The summed E-state index contributed by atoms with van der Waals surface area (Å²) in [4.78, 5) is 11.5. The molecule has 1 amide bonds. The molecule has 20 heavy (non-hydrogen) atoms. The van der Waals surface area contributed by atoms with Gasteiger partial charge < -0.3 is 5.32 Å². The molecule has 5 heteroatoms. The Morgan fingerprint density at radius 1 is 1.10 bits per heavy atom. The van der Waals surface area contributed by atoms with Crippen molar-refractivity contribution in [2.24, 2.45) is 0 Å². The minimum Gasteiger partial charge on any atom is -0.310 e. The lowest BCUT2D eigenvalue weighted by molar-refractivity contribution is -0.111. The average Bonchev–Trinajstić information content (AvgIpc) is 2.42. The first-order chi connectivity index (χ1) is 9.56. The topological polar surface area (TPSA) is 29.1 Å². The first kappa shape index (κ1) is 14.2. The van der Waals surface area contributed by atoms with Gasteiger partial charge in [-0.3, -0.25) is 4.79 Å². The molecule has 2 aromatic carbocycles. The Labute approximate surface area is 122 Å². The summed E-state index contributed by atoms with van der Waals surface area (Å²) in [6, 6.07) is 10.9. The van der Waals surface area contributed by atoms with Crippen LogP contribution in [0.4, 0.5) is 14.5 Å². The second-order valence-electron chi connectivity index (χ2n) is 3.81. The minimum atomic E-state index is -0.869. The van der Waals surface area contributed by atoms with Gasteiger partial charge in [-0.15, -0.1) is 0 Å². The molecule has 0 aliphatic carbocycles. The molecule has 0 saturated heterocycles. The van der Waals surface area contributed by atoms with Gasteiger partial charge in [0.15, 0.2) is 11.6 Å². The van der Waals surface area contributed by atoms with Crippen molar-refractivity contribution in [2.75, 3.05) is 5.32 Å². The van der Waals surface area contributed by atoms with Crippen LogP contribution >= 0.6 is 15.9 Å². The van der Waals surface area contributed by atoms with E-state index in [1.807, 2.05) is 6.07 Å². The number of carbonyl (C=O) groups is 1. The first-order valence-electron chi connectivity index (χ1n) is 5.59. The molecule has 0 radical (unpaired) electrons. The van der Waals surface area contributed by atoms with Crippen LogP contribution in [0, 0.1) is 23.5 Å². The summed E-state index contributed by atoms with van der Waals surface area (Å²) in [5.41, 5.74) is 0.125. The SMILES string of the molecule is O=C(C#Cc1ccccc1)Nc1c(F)cc(Br)cc1F. The van der Waals surface area contributed by atoms with Gasteiger partial charge in [0.05, 0.1) is 0 Å². The van der Waals surface area contributed by atoms with E-state index in [1.165, 1.54) is 0 Å². The van der Waals surface area contributed by atoms with Gasteiger partial charge in [0.1, 0.15) is 5.69 Å². The molecule has 0 aromatic heterocycles. The second-order valence-corrected chi connectivity index (χ2v) is 4.73. The van der Waals surface area contributed by atoms with Gasteiger partial charge in [0, 0.05) is 16.0 Å². The summed E-state index contributed by atoms with van der Waals surface area (Å²) in [6.07, 6.45) is 0. The van der Waals surface area contributed by atoms with Crippen molar-refractivity contribution in [3.05, 3.63) is 64.1 Å². The van der Waals surface area contributed by atoms with Crippen LogP contribution in [0.15, 0.2) is 46.9 Å². The second kappa shape index (κ2) is 6.31. The highest BCUT2D eigenvalue weighted by molar-refractivity contribution is 9.10. The summed E-state index contributed by atoms with van der Waals surface area (Å²) in [6.45, 7) is 0. The molecule has 1 N–H and O–H groups in total. The monoisotopic (exact) mass is 335 g/mol. The van der Waals surface area contributed by atoms with Crippen molar-refractivity contribution < 1.29 is 13.6 Å². The van der Waals surface area contributed by atoms with E-state index in [9.17, 15) is 13.6 Å². The zero-order valence-corrected chi connectivity index (χ0v) is 11.7. The lowest BCUT2D eigenvalue weighted by Crippen LogP contribution is -2.11. The van der Waals surface area contributed by atoms with Crippen LogP contribution in [0.2, 0.25) is 0 Å². The molecule has 0 heterocycles. The highest BCUT2D eigenvalue weighted by atomic mass is 79.9. The Morgan fingerprint density at radius 3 is 2.30 bits per heavy atom. The summed E-state index contributed by atoms with van der Waals surface area (Å²) >= 11 is 2.95. The highest BCUT2D eigenvalue weighted by Crippen LogP contribution is 2.23. The fourth-order valence-corrected chi connectivity index (χ4v) is 1.86. The fourth-order valence-electron chi connectivity index (χ4n) is 1.46. The van der Waals surface area contributed by atoms with Crippen molar-refractivity contribution in [3.63, 3.8) is 0 Å². The predicted molar refractivity (Wildman–Crippen MR) is 76.0 cm³/mol. The Balaban J connectivity index is 2.16. The van der Waals surface area contributed by atoms with Crippen molar-refractivity contribution in [1.29, 1.82) is 0 Å². The summed E-state index contributed by atoms with van der Waals surface area (Å²) in [5, 5.41) is 2.09. The molecule has 0 fully saturated rings. The summed E-state index contributed by atoms with van der Waals surface area (Å²) in [7, 11) is 0. The molecule has 0 unspecified atom stereocenters. The Morgan fingerprint density at radius 2 is 1.70 bits per heavy atom. The molecular formula is C15H8BrF2NO. The lowest BCUT2D eigenvalue weighted by atomic mass is 10.2. The van der Waals surface area contributed by atoms with Crippen LogP contribution < -0.4 is 5.32 Å². The Kier molecular flexibility index (Phi) is 4.49. The van der Waals surface area contributed by atoms with E-state index >= 15 is 0 Å². The maximum atomic E-state index is 13.5. The molecule has 100 valence electrons. The summed E-state index contributed by atoms with van der Waals surface area (Å²) in [5.74, 6) is 2.35. The molecule has 2 aromatic rings. The van der Waals surface area contributed by atoms with E-state index in [1.54, 1.807) is 24.3 Å². The zero-order valence-electron chi connectivity index (χ0n) is 10.1. The van der Waals surface area contributed by atoms with Crippen molar-refractivity contribution in [2.45, 2.75) is 0 Å². The van der Waals surface area contributed by atoms with E-state index < -0.39 is 23.2 Å². The van der Waals surface area contributed by atoms with Crippen molar-refractivity contribution in [3.8, 4) is 11.8 Å². The predicted octanol–water partition coefficient (Wildman–Crippen LogP) is 3.72. The maximum Gasteiger partial charge on any atom is 0.300 e. The third-order valence-electron chi connectivity index (χ3n) is 2.34. The van der Waals surface area contributed by atoms with Gasteiger partial charge in [-0.25, -0.2) is 8.78 Å². The number of nitrogens with one attached hydrogen (secondary N) is 1. The Bertz CT molecular complexity index is 682. The minimum absolute atomic E-state index is 0.251. The van der Waals surface area contributed by atoms with Gasteiger partial charge in [-0.2, -0.15) is 0 Å². The number of benzene rings is 2. The highest BCUT2D eigenvalue weighted by Gasteiger charge is 2.12. The van der Waals surface area contributed by atoms with Crippen molar-refractivity contribution in [1.82, 2.24) is 0 Å². The summed E-state index contributed by atoms with van der Waals surface area (Å²) < 4.78 is 27.3. The fraction of sp³-hybridized carbons (Fsp3) is 0. The number of rotatable bonds is 1. The number of amides is 1. The molecule has 2 nitrogen and oxygen atoms in total. The van der Waals surface area contributed by atoms with Crippen LogP contribution in [-0.4, -0.2) is 5.91 Å². The Hall–Kier alpha value is -2.19. The van der Waals surface area contributed by atoms with E-state index in [2.05, 4.69) is 33.1 Å². The van der Waals surface area contributed by atoms with Crippen LogP contribution in [0.5, 0.6) is 0 Å². The van der Waals surface area contributed by atoms with Crippen LogP contribution in [0.25, 0.3) is 0 Å². The van der Waals surface area contributed by atoms with E-state index in [4.69, 9.17) is 0 Å². The third kappa shape index (κ3) is 3.65. The molecule has 0 spiro atoms. The molecule has 0 aliphatic heterocycles. The van der Waals surface area contributed by atoms with Gasteiger partial charge in [-0.05, 0) is 24.3 Å². The van der Waals surface area contributed by atoms with Gasteiger partial charge >= 0.3 is 5.91 Å². The van der Waals surface area contributed by atoms with Gasteiger partial charge in [-0.1, -0.05) is 40.0 Å². The molecule has 0 saturated carbocycles. The standard InChI is InChI=1S/C15H8BrF2NO/c16-11-8-12(17)15(13(18)9-11)19-14(20)7-6-10-4-2-1-3-5-10/h1-5,8-9H,(H,19,20). The number of anilines is 1. The van der Waals surface area contributed by atoms with Crippen molar-refractivity contribution >= 4 is 27.5 Å². The zero-order chi connectivity index (χ0) is 14.5. The maximum absolute atomic E-state index is 13.5. The third-order valence-corrected chi connectivity index (χ3v) is 2.80. The number of hydrogen-bond acceptors (Lipinski definition) is 1. The molecule has 0 atom stereocenters. The first-order valence-corrected chi connectivity index (χ1v) is 6.38. The average molecular weight is 336 g/mol. The van der Waals surface area contributed by atoms with E-state index in [0.717, 1.165) is 12.1 Å². The normalized spacial score (nSPS) is 9.55. The number of halogens is 3. The largest absolute Gasteiger partial charge is 0.310 e. The van der Waals surface area contributed by atoms with Crippen LogP contribution in [-0.2, 0) is 4.79 Å². The van der Waals surface area contributed by atoms with Crippen LogP contribution in [0.1, 0.15) is 5.56 Å². The van der Waals surface area contributed by atoms with Gasteiger partial charge in [0.2, 0.25) is 0 Å². The molecular weight excluding hydrogens is 328 g/mol. The van der Waals surface area contributed by atoms with Crippen LogP contribution in [0.3, 0.4) is 0 Å². The van der Waals surface area contributed by atoms with E-state index in [0.29, 0.717) is 5.56 Å². The molecule has 2 rings (SSSR count). The molecule has 0 aliphatic rings. The quantitative estimate of drug-likeness (QED) is 0.791. The number of hydrogen-bond donors (Lipinski definition) is 1. The number of carbonyl (C=O) groups excluding carboxylic acids is 1. The lowest BCUT2D eigenvalue weighted by Gasteiger charge is -2.04. The smallest absolute Gasteiger partial charge is 0.300 e. The van der Waals surface area contributed by atoms with E-state index in [-0.39, 0.29) is 4.47 Å².